The Bertz CT molecular complexity index is 609. The summed E-state index contributed by atoms with van der Waals surface area (Å²) in [7, 11) is 2.23. The summed E-state index contributed by atoms with van der Waals surface area (Å²) in [5.74, 6) is 0.829. The fourth-order valence-electron chi connectivity index (χ4n) is 3.08. The first-order valence-electron chi connectivity index (χ1n) is 8.15. The van der Waals surface area contributed by atoms with Crippen molar-refractivity contribution in [2.75, 3.05) is 46.4 Å². The first-order valence-corrected chi connectivity index (χ1v) is 8.15. The fraction of sp³-hybridized carbons (Fsp3) is 0.444. The Balaban J connectivity index is 1.50. The Kier molecular flexibility index (Phi) is 4.93. The van der Waals surface area contributed by atoms with Crippen molar-refractivity contribution in [3.05, 3.63) is 42.5 Å². The molecule has 1 atom stereocenters. The van der Waals surface area contributed by atoms with E-state index >= 15 is 0 Å². The molecule has 118 valence electrons. The van der Waals surface area contributed by atoms with E-state index in [1.165, 1.54) is 28.8 Å². The Hall–Kier alpha value is -1.62. The van der Waals surface area contributed by atoms with Crippen LogP contribution in [0.25, 0.3) is 10.8 Å². The molecule has 2 aromatic carbocycles. The molecule has 2 aromatic rings. The molecule has 1 saturated heterocycles. The van der Waals surface area contributed by atoms with Crippen LogP contribution >= 0.6 is 0 Å². The first kappa shape index (κ1) is 15.3. The van der Waals surface area contributed by atoms with Crippen molar-refractivity contribution < 1.29 is 19.6 Å². The molecule has 0 spiro atoms. The van der Waals surface area contributed by atoms with E-state index in [1.54, 1.807) is 4.90 Å². The van der Waals surface area contributed by atoms with Gasteiger partial charge in [0.2, 0.25) is 0 Å². The maximum absolute atomic E-state index is 10.2. The molecule has 0 radical (unpaired) electrons. The molecule has 22 heavy (non-hydrogen) atoms. The lowest BCUT2D eigenvalue weighted by Gasteiger charge is -2.28. The lowest BCUT2D eigenvalue weighted by atomic mass is 10.1. The Labute approximate surface area is 131 Å². The van der Waals surface area contributed by atoms with Gasteiger partial charge in [-0.1, -0.05) is 30.3 Å². The minimum absolute atomic E-state index is 0.366. The number of hydrogen-bond donors (Lipinski definition) is 3. The number of fused-ring (bicyclic) bond motifs is 1. The molecule has 1 fully saturated rings. The minimum Gasteiger partial charge on any atom is -0.491 e. The summed E-state index contributed by atoms with van der Waals surface area (Å²) in [4.78, 5) is 3.07. The summed E-state index contributed by atoms with van der Waals surface area (Å²) < 4.78 is 5.77. The summed E-state index contributed by atoms with van der Waals surface area (Å²) in [5.41, 5.74) is 0. The molecular weight excluding hydrogens is 276 g/mol. The second kappa shape index (κ2) is 7.09. The molecule has 1 aliphatic heterocycles. The molecule has 0 saturated carbocycles. The van der Waals surface area contributed by atoms with E-state index in [-0.39, 0.29) is 0 Å². The molecule has 1 aliphatic rings. The number of likely N-dealkylation sites (N-methyl/N-ethyl adjacent to an activating group) is 1. The second-order valence-electron chi connectivity index (χ2n) is 6.39. The summed E-state index contributed by atoms with van der Waals surface area (Å²) in [5, 5.41) is 12.6. The van der Waals surface area contributed by atoms with Crippen molar-refractivity contribution in [3.63, 3.8) is 0 Å². The predicted molar refractivity (Wildman–Crippen MR) is 87.6 cm³/mol. The fourth-order valence-corrected chi connectivity index (χ4v) is 3.08. The van der Waals surface area contributed by atoms with Gasteiger partial charge in [-0.3, -0.25) is 0 Å². The number of hydrogen-bond acceptors (Lipinski definition) is 2. The van der Waals surface area contributed by atoms with Gasteiger partial charge in [0, 0.05) is 0 Å². The SMILES string of the molecule is C[NH+]1CC[NH+](C[C@H](O)COc2ccc3ccccc3c2)CC1. The van der Waals surface area contributed by atoms with Crippen LogP contribution in [0, 0.1) is 0 Å². The normalized spacial score (nSPS) is 23.4. The van der Waals surface area contributed by atoms with Gasteiger partial charge >= 0.3 is 0 Å². The van der Waals surface area contributed by atoms with Gasteiger partial charge in [-0.15, -0.1) is 0 Å². The van der Waals surface area contributed by atoms with Crippen LogP contribution in [-0.2, 0) is 0 Å². The summed E-state index contributed by atoms with van der Waals surface area (Å²) in [6.45, 7) is 5.80. The van der Waals surface area contributed by atoms with Gasteiger partial charge < -0.3 is 19.6 Å². The second-order valence-corrected chi connectivity index (χ2v) is 6.39. The van der Waals surface area contributed by atoms with Crippen LogP contribution in [0.15, 0.2) is 42.5 Å². The van der Waals surface area contributed by atoms with Crippen LogP contribution in [0.2, 0.25) is 0 Å². The average Bonchev–Trinajstić information content (AvgIpc) is 2.55. The van der Waals surface area contributed by atoms with Crippen LogP contribution in [0.4, 0.5) is 0 Å². The van der Waals surface area contributed by atoms with Crippen molar-refractivity contribution in [1.82, 2.24) is 0 Å². The molecule has 3 N–H and O–H groups in total. The van der Waals surface area contributed by atoms with E-state index in [1.807, 2.05) is 24.3 Å². The number of nitrogens with one attached hydrogen (secondary N) is 2. The third-order valence-electron chi connectivity index (χ3n) is 4.50. The molecular formula is C18H26N2O2+2. The highest BCUT2D eigenvalue weighted by Gasteiger charge is 2.22. The monoisotopic (exact) mass is 302 g/mol. The number of aliphatic hydroxyl groups is 1. The van der Waals surface area contributed by atoms with Gasteiger partial charge in [0.05, 0.1) is 7.05 Å². The lowest BCUT2D eigenvalue weighted by Crippen LogP contribution is -3.27. The molecule has 3 rings (SSSR count). The van der Waals surface area contributed by atoms with E-state index in [0.717, 1.165) is 25.4 Å². The standard InChI is InChI=1S/C18H24N2O2/c1-19-8-10-20(11-9-19)13-17(21)14-22-18-7-6-15-4-2-3-5-16(15)12-18/h2-7,12,17,21H,8-11,13-14H2,1H3/p+2/t17-/m0/s1. The number of rotatable bonds is 5. The largest absolute Gasteiger partial charge is 0.491 e. The molecule has 0 bridgehead atoms. The van der Waals surface area contributed by atoms with Gasteiger partial charge in [-0.05, 0) is 22.9 Å². The molecule has 0 aliphatic carbocycles. The van der Waals surface area contributed by atoms with Gasteiger partial charge in [-0.25, -0.2) is 0 Å². The Morgan fingerprint density at radius 1 is 1.05 bits per heavy atom. The first-order chi connectivity index (χ1) is 10.7. The Morgan fingerprint density at radius 2 is 1.77 bits per heavy atom. The van der Waals surface area contributed by atoms with Gasteiger partial charge in [0.15, 0.2) is 0 Å². The molecule has 4 heteroatoms. The summed E-state index contributed by atoms with van der Waals surface area (Å²) >= 11 is 0. The third kappa shape index (κ3) is 3.97. The maximum Gasteiger partial charge on any atom is 0.137 e. The van der Waals surface area contributed by atoms with Crippen LogP contribution < -0.4 is 14.5 Å². The number of piperazine rings is 1. The van der Waals surface area contributed by atoms with Crippen molar-refractivity contribution in [2.45, 2.75) is 6.10 Å². The van der Waals surface area contributed by atoms with Crippen LogP contribution in [0.5, 0.6) is 5.75 Å². The highest BCUT2D eigenvalue weighted by molar-refractivity contribution is 5.83. The third-order valence-corrected chi connectivity index (χ3v) is 4.50. The number of quaternary nitrogens is 2. The Morgan fingerprint density at radius 3 is 2.55 bits per heavy atom. The molecule has 4 nitrogen and oxygen atoms in total. The number of aliphatic hydroxyl groups excluding tert-OH is 1. The van der Waals surface area contributed by atoms with Crippen molar-refractivity contribution in [3.8, 4) is 5.75 Å². The molecule has 0 unspecified atom stereocenters. The smallest absolute Gasteiger partial charge is 0.137 e. The minimum atomic E-state index is -0.403. The molecule has 0 aromatic heterocycles. The van der Waals surface area contributed by atoms with Crippen LogP contribution in [0.1, 0.15) is 0 Å². The van der Waals surface area contributed by atoms with Gasteiger partial charge in [0.1, 0.15) is 51.2 Å². The summed E-state index contributed by atoms with van der Waals surface area (Å²) in [6.07, 6.45) is -0.403. The predicted octanol–water partition coefficient (Wildman–Crippen LogP) is -1.01. The lowest BCUT2D eigenvalue weighted by molar-refractivity contribution is -1.00. The maximum atomic E-state index is 10.2. The number of ether oxygens (including phenoxy) is 1. The molecule has 0 amide bonds. The van der Waals surface area contributed by atoms with Crippen LogP contribution in [-0.4, -0.2) is 57.6 Å². The van der Waals surface area contributed by atoms with E-state index in [9.17, 15) is 5.11 Å². The van der Waals surface area contributed by atoms with Gasteiger partial charge in [0.25, 0.3) is 0 Å². The van der Waals surface area contributed by atoms with Gasteiger partial charge in [-0.2, -0.15) is 0 Å². The zero-order valence-corrected chi connectivity index (χ0v) is 13.2. The van der Waals surface area contributed by atoms with E-state index < -0.39 is 6.10 Å². The van der Waals surface area contributed by atoms with Crippen molar-refractivity contribution >= 4 is 10.8 Å². The van der Waals surface area contributed by atoms with E-state index in [0.29, 0.717) is 6.61 Å². The topological polar surface area (TPSA) is 38.3 Å². The van der Waals surface area contributed by atoms with Crippen molar-refractivity contribution in [1.29, 1.82) is 0 Å². The molecule has 1 heterocycles. The zero-order valence-electron chi connectivity index (χ0n) is 13.2. The van der Waals surface area contributed by atoms with E-state index in [2.05, 4.69) is 25.2 Å². The quantitative estimate of drug-likeness (QED) is 0.662. The van der Waals surface area contributed by atoms with Crippen LogP contribution in [0.3, 0.4) is 0 Å². The highest BCUT2D eigenvalue weighted by Crippen LogP contribution is 2.20. The number of benzene rings is 2. The van der Waals surface area contributed by atoms with E-state index in [4.69, 9.17) is 4.74 Å². The van der Waals surface area contributed by atoms with Crippen molar-refractivity contribution in [2.24, 2.45) is 0 Å². The average molecular weight is 302 g/mol. The zero-order chi connectivity index (χ0) is 15.4. The highest BCUT2D eigenvalue weighted by atomic mass is 16.5. The summed E-state index contributed by atoms with van der Waals surface area (Å²) in [6, 6.07) is 14.3.